The first kappa shape index (κ1) is 20.4. The van der Waals surface area contributed by atoms with E-state index in [1.807, 2.05) is 60.7 Å². The number of para-hydroxylation sites is 1. The van der Waals surface area contributed by atoms with E-state index in [0.29, 0.717) is 22.2 Å². The van der Waals surface area contributed by atoms with Crippen LogP contribution in [-0.2, 0) is 11.3 Å². The van der Waals surface area contributed by atoms with Crippen molar-refractivity contribution in [3.63, 3.8) is 0 Å². The second-order valence-electron chi connectivity index (χ2n) is 6.72. The van der Waals surface area contributed by atoms with Gasteiger partial charge in [-0.05, 0) is 47.2 Å². The van der Waals surface area contributed by atoms with E-state index in [4.69, 9.17) is 0 Å². The molecular weight excluding hydrogens is 414 g/mol. The maximum atomic E-state index is 13.2. The maximum absolute atomic E-state index is 13.2. The summed E-state index contributed by atoms with van der Waals surface area (Å²) < 4.78 is 0. The maximum Gasteiger partial charge on any atom is 0.311 e. The lowest BCUT2D eigenvalue weighted by atomic mass is 10.1. The van der Waals surface area contributed by atoms with E-state index >= 15 is 0 Å². The van der Waals surface area contributed by atoms with Gasteiger partial charge in [-0.1, -0.05) is 54.6 Å². The van der Waals surface area contributed by atoms with Crippen molar-refractivity contribution < 1.29 is 14.8 Å². The average molecular weight is 431 g/mol. The van der Waals surface area contributed by atoms with Gasteiger partial charge in [0.1, 0.15) is 0 Å². The van der Waals surface area contributed by atoms with Gasteiger partial charge < -0.3 is 5.11 Å². The molecule has 1 N–H and O–H groups in total. The number of hydrogen-bond acceptors (Lipinski definition) is 6. The third kappa shape index (κ3) is 4.65. The molecule has 1 saturated heterocycles. The number of phenolic OH excluding ortho intramolecular Hbond substituents is 1. The van der Waals surface area contributed by atoms with Crippen LogP contribution in [-0.4, -0.2) is 26.0 Å². The van der Waals surface area contributed by atoms with E-state index in [9.17, 15) is 20.0 Å². The summed E-state index contributed by atoms with van der Waals surface area (Å²) in [5.74, 6) is -0.658. The van der Waals surface area contributed by atoms with Gasteiger partial charge in [0.25, 0.3) is 5.91 Å². The topological polar surface area (TPSA) is 96.0 Å². The number of amidine groups is 1. The molecule has 0 atom stereocenters. The zero-order valence-electron chi connectivity index (χ0n) is 16.2. The van der Waals surface area contributed by atoms with E-state index < -0.39 is 16.4 Å². The number of nitrogens with zero attached hydrogens (tertiary/aromatic N) is 3. The molecular formula is C23H17N3O4S. The van der Waals surface area contributed by atoms with Crippen molar-refractivity contribution in [1.29, 1.82) is 0 Å². The first-order valence-corrected chi connectivity index (χ1v) is 10.2. The first-order valence-electron chi connectivity index (χ1n) is 9.38. The van der Waals surface area contributed by atoms with E-state index in [1.54, 1.807) is 11.0 Å². The lowest BCUT2D eigenvalue weighted by Gasteiger charge is -2.15. The standard InChI is InChI=1S/C23H17N3O4S/c27-20-12-11-17(13-19(20)26(29)30)14-21-22(28)25(15-16-7-3-1-4-8-16)23(31-21)24-18-9-5-2-6-10-18/h1-14,27H,15H2/b21-14+,24-23?. The largest absolute Gasteiger partial charge is 0.502 e. The lowest BCUT2D eigenvalue weighted by molar-refractivity contribution is -0.385. The molecule has 8 heteroatoms. The zero-order chi connectivity index (χ0) is 21.8. The highest BCUT2D eigenvalue weighted by Crippen LogP contribution is 2.36. The Labute approximate surface area is 182 Å². The third-order valence-electron chi connectivity index (χ3n) is 4.55. The van der Waals surface area contributed by atoms with Gasteiger partial charge in [0.2, 0.25) is 0 Å². The minimum Gasteiger partial charge on any atom is -0.502 e. The molecule has 3 aromatic carbocycles. The number of carbonyl (C=O) groups is 1. The molecule has 7 nitrogen and oxygen atoms in total. The quantitative estimate of drug-likeness (QED) is 0.344. The summed E-state index contributed by atoms with van der Waals surface area (Å²) in [6.07, 6.45) is 1.57. The van der Waals surface area contributed by atoms with Gasteiger partial charge >= 0.3 is 5.69 Å². The number of carbonyl (C=O) groups excluding carboxylic acids is 1. The van der Waals surface area contributed by atoms with Crippen LogP contribution >= 0.6 is 11.8 Å². The van der Waals surface area contributed by atoms with Gasteiger partial charge in [-0.15, -0.1) is 0 Å². The zero-order valence-corrected chi connectivity index (χ0v) is 17.0. The van der Waals surface area contributed by atoms with Crippen molar-refractivity contribution >= 4 is 40.3 Å². The second kappa shape index (κ2) is 8.85. The van der Waals surface area contributed by atoms with Crippen molar-refractivity contribution in [1.82, 2.24) is 4.90 Å². The van der Waals surface area contributed by atoms with Crippen LogP contribution in [0.4, 0.5) is 11.4 Å². The molecule has 154 valence electrons. The summed E-state index contributed by atoms with van der Waals surface area (Å²) in [7, 11) is 0. The number of nitro benzene ring substituents is 1. The molecule has 1 aliphatic heterocycles. The molecule has 1 heterocycles. The molecule has 1 amide bonds. The monoisotopic (exact) mass is 431 g/mol. The van der Waals surface area contributed by atoms with Crippen molar-refractivity contribution in [2.24, 2.45) is 4.99 Å². The number of aromatic hydroxyl groups is 1. The number of amides is 1. The first-order chi connectivity index (χ1) is 15.0. The van der Waals surface area contributed by atoms with Crippen molar-refractivity contribution in [2.75, 3.05) is 0 Å². The molecule has 0 radical (unpaired) electrons. The molecule has 4 rings (SSSR count). The molecule has 1 fully saturated rings. The van der Waals surface area contributed by atoms with E-state index in [0.717, 1.165) is 11.3 Å². The van der Waals surface area contributed by atoms with Crippen LogP contribution in [0, 0.1) is 10.1 Å². The molecule has 31 heavy (non-hydrogen) atoms. The predicted octanol–water partition coefficient (Wildman–Crippen LogP) is 5.10. The van der Waals surface area contributed by atoms with E-state index in [2.05, 4.69) is 4.99 Å². The fraction of sp³-hybridized carbons (Fsp3) is 0.0435. The normalized spacial score (nSPS) is 16.3. The van der Waals surface area contributed by atoms with Gasteiger partial charge in [0.15, 0.2) is 10.9 Å². The Bertz CT molecular complexity index is 1190. The van der Waals surface area contributed by atoms with Crippen LogP contribution < -0.4 is 0 Å². The third-order valence-corrected chi connectivity index (χ3v) is 5.55. The van der Waals surface area contributed by atoms with Gasteiger partial charge in [-0.25, -0.2) is 4.99 Å². The lowest BCUT2D eigenvalue weighted by Crippen LogP contribution is -2.28. The smallest absolute Gasteiger partial charge is 0.311 e. The Hall–Kier alpha value is -3.91. The Morgan fingerprint density at radius 2 is 1.71 bits per heavy atom. The number of hydrogen-bond donors (Lipinski definition) is 1. The van der Waals surface area contributed by atoms with E-state index in [-0.39, 0.29) is 5.91 Å². The Morgan fingerprint density at radius 1 is 1.03 bits per heavy atom. The predicted molar refractivity (Wildman–Crippen MR) is 121 cm³/mol. The number of nitro groups is 1. The number of rotatable bonds is 5. The van der Waals surface area contributed by atoms with Crippen LogP contribution in [0.2, 0.25) is 0 Å². The van der Waals surface area contributed by atoms with Crippen molar-refractivity contribution in [3.05, 3.63) is 105 Å². The Morgan fingerprint density at radius 3 is 2.39 bits per heavy atom. The van der Waals surface area contributed by atoms with Gasteiger partial charge in [0, 0.05) is 6.07 Å². The highest BCUT2D eigenvalue weighted by molar-refractivity contribution is 8.18. The summed E-state index contributed by atoms with van der Waals surface area (Å²) in [6, 6.07) is 22.9. The summed E-state index contributed by atoms with van der Waals surface area (Å²) in [5.41, 5.74) is 1.71. The summed E-state index contributed by atoms with van der Waals surface area (Å²) in [5, 5.41) is 21.3. The number of thioether (sulfide) groups is 1. The second-order valence-corrected chi connectivity index (χ2v) is 7.73. The van der Waals surface area contributed by atoms with Crippen LogP contribution in [0.3, 0.4) is 0 Å². The molecule has 0 bridgehead atoms. The van der Waals surface area contributed by atoms with Crippen LogP contribution in [0.1, 0.15) is 11.1 Å². The molecule has 0 spiro atoms. The highest BCUT2D eigenvalue weighted by Gasteiger charge is 2.33. The molecule has 0 saturated carbocycles. The van der Waals surface area contributed by atoms with Gasteiger partial charge in [0.05, 0.1) is 22.1 Å². The number of benzene rings is 3. The molecule has 0 unspecified atom stereocenters. The summed E-state index contributed by atoms with van der Waals surface area (Å²) in [6.45, 7) is 0.353. The van der Waals surface area contributed by atoms with Crippen molar-refractivity contribution in [3.8, 4) is 5.75 Å². The van der Waals surface area contributed by atoms with Crippen LogP contribution in [0.25, 0.3) is 6.08 Å². The SMILES string of the molecule is O=C1/C(=C\c2ccc(O)c([N+](=O)[O-])c2)SC(=Nc2ccccc2)N1Cc1ccccc1. The molecule has 0 aromatic heterocycles. The summed E-state index contributed by atoms with van der Waals surface area (Å²) >= 11 is 1.21. The Balaban J connectivity index is 1.71. The van der Waals surface area contributed by atoms with Crippen molar-refractivity contribution in [2.45, 2.75) is 6.54 Å². The molecule has 0 aliphatic carbocycles. The minimum absolute atomic E-state index is 0.237. The number of aliphatic imine (C=N–C) groups is 1. The average Bonchev–Trinajstić information content (AvgIpc) is 3.05. The Kier molecular flexibility index (Phi) is 5.81. The van der Waals surface area contributed by atoms with Gasteiger partial charge in [-0.2, -0.15) is 0 Å². The number of phenols is 1. The highest BCUT2D eigenvalue weighted by atomic mass is 32.2. The van der Waals surface area contributed by atoms with Crippen LogP contribution in [0.5, 0.6) is 5.75 Å². The molecule has 3 aromatic rings. The fourth-order valence-corrected chi connectivity index (χ4v) is 4.04. The fourth-order valence-electron chi connectivity index (χ4n) is 3.04. The van der Waals surface area contributed by atoms with Crippen LogP contribution in [0.15, 0.2) is 88.8 Å². The van der Waals surface area contributed by atoms with Gasteiger partial charge in [-0.3, -0.25) is 19.8 Å². The minimum atomic E-state index is -0.662. The summed E-state index contributed by atoms with van der Waals surface area (Å²) in [4.78, 5) is 30.2. The van der Waals surface area contributed by atoms with E-state index in [1.165, 1.54) is 30.0 Å². The molecule has 1 aliphatic rings.